The SMILES string of the molecule is CCOCCNC(c1ccc(F)cc1)C1CC1. The van der Waals surface area contributed by atoms with Gasteiger partial charge in [-0.1, -0.05) is 12.1 Å². The third-order valence-corrected chi connectivity index (χ3v) is 3.14. The third-order valence-electron chi connectivity index (χ3n) is 3.14. The Kier molecular flexibility index (Phi) is 4.51. The van der Waals surface area contributed by atoms with Gasteiger partial charge in [0.25, 0.3) is 0 Å². The van der Waals surface area contributed by atoms with Gasteiger partial charge in [-0.25, -0.2) is 4.39 Å². The minimum absolute atomic E-state index is 0.169. The van der Waals surface area contributed by atoms with E-state index in [1.54, 1.807) is 0 Å². The van der Waals surface area contributed by atoms with E-state index in [4.69, 9.17) is 4.74 Å². The summed E-state index contributed by atoms with van der Waals surface area (Å²) in [5.74, 6) is 0.541. The van der Waals surface area contributed by atoms with E-state index >= 15 is 0 Å². The van der Waals surface area contributed by atoms with Crippen molar-refractivity contribution in [2.75, 3.05) is 19.8 Å². The first kappa shape index (κ1) is 12.5. The van der Waals surface area contributed by atoms with Crippen LogP contribution in [0.15, 0.2) is 24.3 Å². The maximum Gasteiger partial charge on any atom is 0.123 e. The number of halogens is 1. The van der Waals surface area contributed by atoms with Crippen molar-refractivity contribution in [3.05, 3.63) is 35.6 Å². The molecular formula is C14H20FNO. The first-order valence-corrected chi connectivity index (χ1v) is 6.38. The molecule has 3 heteroatoms. The second-order valence-electron chi connectivity index (χ2n) is 4.52. The Morgan fingerprint density at radius 1 is 1.35 bits per heavy atom. The lowest BCUT2D eigenvalue weighted by atomic mass is 10.0. The summed E-state index contributed by atoms with van der Waals surface area (Å²) in [6.07, 6.45) is 2.54. The molecule has 1 saturated carbocycles. The summed E-state index contributed by atoms with van der Waals surface area (Å²) in [5, 5.41) is 3.50. The molecule has 0 spiro atoms. The molecule has 0 bridgehead atoms. The van der Waals surface area contributed by atoms with Crippen molar-refractivity contribution in [1.29, 1.82) is 0 Å². The van der Waals surface area contributed by atoms with E-state index in [1.165, 1.54) is 30.5 Å². The third kappa shape index (κ3) is 3.79. The monoisotopic (exact) mass is 237 g/mol. The van der Waals surface area contributed by atoms with E-state index in [2.05, 4.69) is 5.32 Å². The standard InChI is InChI=1S/C14H20FNO/c1-2-17-10-9-16-14(11-3-4-11)12-5-7-13(15)8-6-12/h5-8,11,14,16H,2-4,9-10H2,1H3. The van der Waals surface area contributed by atoms with Crippen molar-refractivity contribution in [3.63, 3.8) is 0 Å². The second kappa shape index (κ2) is 6.12. The molecule has 0 radical (unpaired) electrons. The fourth-order valence-electron chi connectivity index (χ4n) is 2.09. The molecule has 1 aromatic carbocycles. The molecule has 0 heterocycles. The molecule has 0 amide bonds. The van der Waals surface area contributed by atoms with Gasteiger partial charge in [-0.15, -0.1) is 0 Å². The number of rotatable bonds is 7. The second-order valence-corrected chi connectivity index (χ2v) is 4.52. The van der Waals surface area contributed by atoms with Gasteiger partial charge in [0.2, 0.25) is 0 Å². The summed E-state index contributed by atoms with van der Waals surface area (Å²) in [5.41, 5.74) is 1.19. The minimum atomic E-state index is -0.169. The zero-order chi connectivity index (χ0) is 12.1. The Hall–Kier alpha value is -0.930. The molecule has 0 aromatic heterocycles. The van der Waals surface area contributed by atoms with Gasteiger partial charge < -0.3 is 10.1 Å². The lowest BCUT2D eigenvalue weighted by molar-refractivity contribution is 0.146. The molecule has 94 valence electrons. The van der Waals surface area contributed by atoms with Gasteiger partial charge in [-0.3, -0.25) is 0 Å². The van der Waals surface area contributed by atoms with E-state index in [1.807, 2.05) is 19.1 Å². The summed E-state index contributed by atoms with van der Waals surface area (Å²) in [4.78, 5) is 0. The molecular weight excluding hydrogens is 217 g/mol. The molecule has 2 nitrogen and oxygen atoms in total. The Morgan fingerprint density at radius 2 is 2.06 bits per heavy atom. The van der Waals surface area contributed by atoms with Crippen LogP contribution in [0.3, 0.4) is 0 Å². The molecule has 2 rings (SSSR count). The lowest BCUT2D eigenvalue weighted by Gasteiger charge is -2.18. The van der Waals surface area contributed by atoms with Crippen LogP contribution >= 0.6 is 0 Å². The maximum absolute atomic E-state index is 12.9. The number of benzene rings is 1. The summed E-state index contributed by atoms with van der Waals surface area (Å²) in [6, 6.07) is 7.19. The van der Waals surface area contributed by atoms with E-state index in [0.29, 0.717) is 12.0 Å². The average Bonchev–Trinajstić information content (AvgIpc) is 3.15. The van der Waals surface area contributed by atoms with Gasteiger partial charge in [0.05, 0.1) is 6.61 Å². The highest BCUT2D eigenvalue weighted by atomic mass is 19.1. The molecule has 1 aliphatic carbocycles. The first-order chi connectivity index (χ1) is 8.31. The lowest BCUT2D eigenvalue weighted by Crippen LogP contribution is -2.26. The molecule has 1 fully saturated rings. The van der Waals surface area contributed by atoms with E-state index in [-0.39, 0.29) is 5.82 Å². The summed E-state index contributed by atoms with van der Waals surface area (Å²) >= 11 is 0. The van der Waals surface area contributed by atoms with Gasteiger partial charge in [0, 0.05) is 19.2 Å². The summed E-state index contributed by atoms with van der Waals surface area (Å²) in [7, 11) is 0. The number of hydrogen-bond acceptors (Lipinski definition) is 2. The molecule has 0 saturated heterocycles. The predicted molar refractivity (Wildman–Crippen MR) is 66.4 cm³/mol. The molecule has 0 aliphatic heterocycles. The Balaban J connectivity index is 1.90. The van der Waals surface area contributed by atoms with Crippen molar-refractivity contribution in [3.8, 4) is 0 Å². The first-order valence-electron chi connectivity index (χ1n) is 6.38. The number of nitrogens with one attached hydrogen (secondary N) is 1. The Bertz CT molecular complexity index is 335. The van der Waals surface area contributed by atoms with Crippen molar-refractivity contribution >= 4 is 0 Å². The Morgan fingerprint density at radius 3 is 2.65 bits per heavy atom. The highest BCUT2D eigenvalue weighted by Crippen LogP contribution is 2.40. The minimum Gasteiger partial charge on any atom is -0.380 e. The van der Waals surface area contributed by atoms with Crippen LogP contribution in [0.2, 0.25) is 0 Å². The van der Waals surface area contributed by atoms with Crippen LogP contribution in [0.25, 0.3) is 0 Å². The molecule has 1 unspecified atom stereocenters. The van der Waals surface area contributed by atoms with E-state index in [0.717, 1.165) is 19.8 Å². The zero-order valence-electron chi connectivity index (χ0n) is 10.3. The van der Waals surface area contributed by atoms with Crippen LogP contribution in [0.1, 0.15) is 31.4 Å². The summed E-state index contributed by atoms with van der Waals surface area (Å²) in [6.45, 7) is 4.35. The number of hydrogen-bond donors (Lipinski definition) is 1. The van der Waals surface area contributed by atoms with Gasteiger partial charge in [0.1, 0.15) is 5.82 Å². The van der Waals surface area contributed by atoms with Gasteiger partial charge in [0.15, 0.2) is 0 Å². The van der Waals surface area contributed by atoms with E-state index < -0.39 is 0 Å². The van der Waals surface area contributed by atoms with Crippen LogP contribution in [0.5, 0.6) is 0 Å². The van der Waals surface area contributed by atoms with Gasteiger partial charge in [-0.05, 0) is 43.4 Å². The highest BCUT2D eigenvalue weighted by molar-refractivity contribution is 5.21. The van der Waals surface area contributed by atoms with Crippen molar-refractivity contribution in [2.24, 2.45) is 5.92 Å². The molecule has 1 N–H and O–H groups in total. The predicted octanol–water partition coefficient (Wildman–Crippen LogP) is 2.90. The number of ether oxygens (including phenoxy) is 1. The fourth-order valence-corrected chi connectivity index (χ4v) is 2.09. The van der Waals surface area contributed by atoms with E-state index in [9.17, 15) is 4.39 Å². The zero-order valence-corrected chi connectivity index (χ0v) is 10.3. The topological polar surface area (TPSA) is 21.3 Å². The summed E-state index contributed by atoms with van der Waals surface area (Å²) < 4.78 is 18.2. The molecule has 1 aliphatic rings. The van der Waals surface area contributed by atoms with Crippen LogP contribution in [0, 0.1) is 11.7 Å². The maximum atomic E-state index is 12.9. The largest absolute Gasteiger partial charge is 0.380 e. The molecule has 1 aromatic rings. The molecule has 1 atom stereocenters. The van der Waals surface area contributed by atoms with Crippen molar-refractivity contribution < 1.29 is 9.13 Å². The van der Waals surface area contributed by atoms with Gasteiger partial charge in [-0.2, -0.15) is 0 Å². The van der Waals surface area contributed by atoms with Crippen LogP contribution in [0.4, 0.5) is 4.39 Å². The normalized spacial score (nSPS) is 17.1. The van der Waals surface area contributed by atoms with Crippen LogP contribution in [-0.2, 0) is 4.74 Å². The van der Waals surface area contributed by atoms with Crippen molar-refractivity contribution in [2.45, 2.75) is 25.8 Å². The van der Waals surface area contributed by atoms with Gasteiger partial charge >= 0.3 is 0 Å². The average molecular weight is 237 g/mol. The highest BCUT2D eigenvalue weighted by Gasteiger charge is 2.31. The van der Waals surface area contributed by atoms with Crippen molar-refractivity contribution in [1.82, 2.24) is 5.32 Å². The smallest absolute Gasteiger partial charge is 0.123 e. The van der Waals surface area contributed by atoms with Crippen LogP contribution < -0.4 is 5.32 Å². The fraction of sp³-hybridized carbons (Fsp3) is 0.571. The quantitative estimate of drug-likeness (QED) is 0.736. The van der Waals surface area contributed by atoms with Crippen LogP contribution in [-0.4, -0.2) is 19.8 Å². The Labute approximate surface area is 102 Å². The molecule has 17 heavy (non-hydrogen) atoms.